The molecular formula is C13H19BF3KO2. The summed E-state index contributed by atoms with van der Waals surface area (Å²) in [6.07, 6.45) is 1.78. The van der Waals surface area contributed by atoms with Crippen molar-refractivity contribution in [3.8, 4) is 11.5 Å². The fraction of sp³-hybridized carbons (Fsp3) is 0.538. The quantitative estimate of drug-likeness (QED) is 0.685. The van der Waals surface area contributed by atoms with Crippen molar-refractivity contribution in [3.63, 3.8) is 0 Å². The van der Waals surface area contributed by atoms with E-state index >= 15 is 0 Å². The normalized spacial score (nSPS) is 11.2. The summed E-state index contributed by atoms with van der Waals surface area (Å²) in [7, 11) is 1.34. The fourth-order valence-corrected chi connectivity index (χ4v) is 1.77. The SMILES string of the molecule is CCC(CC)COc1ccc(OC)cc1[B-](F)(F)F.[K+]. The first kappa shape index (κ1) is 20.3. The molecule has 0 radical (unpaired) electrons. The average molecular weight is 314 g/mol. The zero-order valence-corrected chi connectivity index (χ0v) is 15.6. The molecule has 1 rings (SSSR count). The van der Waals surface area contributed by atoms with Crippen molar-refractivity contribution < 1.29 is 73.8 Å². The van der Waals surface area contributed by atoms with Gasteiger partial charge in [0, 0.05) is 0 Å². The van der Waals surface area contributed by atoms with Gasteiger partial charge in [-0.1, -0.05) is 32.2 Å². The summed E-state index contributed by atoms with van der Waals surface area (Å²) in [6.45, 7) is -0.807. The van der Waals surface area contributed by atoms with Gasteiger partial charge in [0.05, 0.1) is 19.5 Å². The minimum atomic E-state index is -5.11. The molecule has 0 fully saturated rings. The Labute approximate surface area is 160 Å². The Bertz CT molecular complexity index is 409. The molecule has 0 bridgehead atoms. The van der Waals surface area contributed by atoms with E-state index < -0.39 is 12.4 Å². The maximum atomic E-state index is 13.0. The second-order valence-electron chi connectivity index (χ2n) is 4.47. The van der Waals surface area contributed by atoms with Gasteiger partial charge in [-0.25, -0.2) is 0 Å². The number of hydrogen-bond acceptors (Lipinski definition) is 2. The first-order valence-electron chi connectivity index (χ1n) is 6.43. The Balaban J connectivity index is 0.00000361. The molecule has 0 saturated heterocycles. The van der Waals surface area contributed by atoms with Crippen LogP contribution in [0.2, 0.25) is 0 Å². The predicted octanol–water partition coefficient (Wildman–Crippen LogP) is 0.569. The second-order valence-corrected chi connectivity index (χ2v) is 4.47. The monoisotopic (exact) mass is 314 g/mol. The van der Waals surface area contributed by atoms with Crippen molar-refractivity contribution in [2.45, 2.75) is 26.7 Å². The van der Waals surface area contributed by atoms with E-state index in [-0.39, 0.29) is 68.8 Å². The molecular weight excluding hydrogens is 295 g/mol. The zero-order valence-electron chi connectivity index (χ0n) is 12.5. The van der Waals surface area contributed by atoms with Crippen LogP contribution in [-0.2, 0) is 0 Å². The number of hydrogen-bond donors (Lipinski definition) is 0. The van der Waals surface area contributed by atoms with Crippen molar-refractivity contribution in [1.29, 1.82) is 0 Å². The molecule has 7 heteroatoms. The van der Waals surface area contributed by atoms with E-state index in [1.807, 2.05) is 13.8 Å². The summed E-state index contributed by atoms with van der Waals surface area (Å²) in [6, 6.07) is 3.79. The van der Waals surface area contributed by atoms with Crippen LogP contribution in [-0.4, -0.2) is 20.7 Å². The first-order valence-corrected chi connectivity index (χ1v) is 6.43. The molecule has 0 aromatic heterocycles. The third-order valence-electron chi connectivity index (χ3n) is 3.20. The van der Waals surface area contributed by atoms with E-state index in [1.165, 1.54) is 19.2 Å². The molecule has 0 aliphatic rings. The van der Waals surface area contributed by atoms with E-state index in [0.717, 1.165) is 18.9 Å². The Morgan fingerprint density at radius 3 is 2.20 bits per heavy atom. The molecule has 108 valence electrons. The Morgan fingerprint density at radius 2 is 1.75 bits per heavy atom. The molecule has 0 aliphatic heterocycles. The van der Waals surface area contributed by atoms with E-state index in [4.69, 9.17) is 9.47 Å². The summed E-state index contributed by atoms with van der Waals surface area (Å²) < 4.78 is 49.1. The van der Waals surface area contributed by atoms with Crippen LogP contribution < -0.4 is 66.3 Å². The van der Waals surface area contributed by atoms with Crippen LogP contribution >= 0.6 is 0 Å². The molecule has 0 atom stereocenters. The maximum absolute atomic E-state index is 13.0. The van der Waals surface area contributed by atoms with Crippen LogP contribution in [0, 0.1) is 5.92 Å². The third kappa shape index (κ3) is 5.97. The van der Waals surface area contributed by atoms with Crippen LogP contribution in [0.5, 0.6) is 11.5 Å². The van der Waals surface area contributed by atoms with Crippen molar-refractivity contribution in [2.75, 3.05) is 13.7 Å². The van der Waals surface area contributed by atoms with Crippen molar-refractivity contribution in [1.82, 2.24) is 0 Å². The Kier molecular flexibility index (Phi) is 9.50. The van der Waals surface area contributed by atoms with Gasteiger partial charge in [0.1, 0.15) is 5.75 Å². The molecule has 0 spiro atoms. The summed E-state index contributed by atoms with van der Waals surface area (Å²) in [4.78, 5) is 0. The molecule has 0 amide bonds. The molecule has 20 heavy (non-hydrogen) atoms. The molecule has 0 aliphatic carbocycles. The van der Waals surface area contributed by atoms with Gasteiger partial charge in [0.2, 0.25) is 0 Å². The fourth-order valence-electron chi connectivity index (χ4n) is 1.77. The van der Waals surface area contributed by atoms with E-state index in [1.54, 1.807) is 0 Å². The minimum absolute atomic E-state index is 0. The van der Waals surface area contributed by atoms with Crippen LogP contribution in [0.25, 0.3) is 0 Å². The van der Waals surface area contributed by atoms with Gasteiger partial charge in [-0.05, 0) is 24.1 Å². The summed E-state index contributed by atoms with van der Waals surface area (Å²) in [5.41, 5.74) is -0.731. The molecule has 0 saturated carbocycles. The van der Waals surface area contributed by atoms with Crippen molar-refractivity contribution in [2.24, 2.45) is 5.92 Å². The molecule has 1 aromatic carbocycles. The van der Waals surface area contributed by atoms with Gasteiger partial charge in [-0.15, -0.1) is 0 Å². The first-order chi connectivity index (χ1) is 8.92. The topological polar surface area (TPSA) is 18.5 Å². The van der Waals surface area contributed by atoms with Gasteiger partial charge < -0.3 is 22.4 Å². The Morgan fingerprint density at radius 1 is 1.15 bits per heavy atom. The van der Waals surface area contributed by atoms with Crippen molar-refractivity contribution >= 4 is 12.4 Å². The molecule has 0 N–H and O–H groups in total. The Hall–Kier alpha value is 0.311. The average Bonchev–Trinajstić information content (AvgIpc) is 2.39. The number of methoxy groups -OCH3 is 1. The van der Waals surface area contributed by atoms with Crippen LogP contribution in [0.3, 0.4) is 0 Å². The number of rotatable bonds is 7. The van der Waals surface area contributed by atoms with Gasteiger partial charge in [0.25, 0.3) is 0 Å². The van der Waals surface area contributed by atoms with Gasteiger partial charge >= 0.3 is 58.4 Å². The van der Waals surface area contributed by atoms with Crippen LogP contribution in [0.4, 0.5) is 12.9 Å². The largest absolute Gasteiger partial charge is 1.00 e. The van der Waals surface area contributed by atoms with E-state index in [2.05, 4.69) is 0 Å². The van der Waals surface area contributed by atoms with E-state index in [0.29, 0.717) is 6.61 Å². The van der Waals surface area contributed by atoms with Crippen LogP contribution in [0.1, 0.15) is 26.7 Å². The number of ether oxygens (including phenoxy) is 2. The summed E-state index contributed by atoms with van der Waals surface area (Å²) in [5.74, 6) is 0.347. The van der Waals surface area contributed by atoms with E-state index in [9.17, 15) is 12.9 Å². The molecule has 2 nitrogen and oxygen atoms in total. The van der Waals surface area contributed by atoms with Crippen LogP contribution in [0.15, 0.2) is 18.2 Å². The number of benzene rings is 1. The number of halogens is 3. The molecule has 1 aromatic rings. The van der Waals surface area contributed by atoms with Gasteiger partial charge in [-0.3, -0.25) is 0 Å². The molecule has 0 heterocycles. The smallest absolute Gasteiger partial charge is 0.497 e. The third-order valence-corrected chi connectivity index (χ3v) is 3.20. The van der Waals surface area contributed by atoms with Crippen molar-refractivity contribution in [3.05, 3.63) is 18.2 Å². The van der Waals surface area contributed by atoms with Gasteiger partial charge in [-0.2, -0.15) is 0 Å². The minimum Gasteiger partial charge on any atom is -0.497 e. The standard InChI is InChI=1S/C13H19BF3O2.K/c1-4-10(5-2)9-19-13-7-6-11(18-3)8-12(13)14(15,16)17;/h6-8,10H,4-5,9H2,1-3H3;/q-1;+1. The predicted molar refractivity (Wildman–Crippen MR) is 71.3 cm³/mol. The second kappa shape index (κ2) is 9.35. The maximum Gasteiger partial charge on any atom is 1.00 e. The molecule has 0 unspecified atom stereocenters. The zero-order chi connectivity index (χ0) is 14.5. The summed E-state index contributed by atoms with van der Waals surface area (Å²) in [5, 5.41) is 0. The van der Waals surface area contributed by atoms with Gasteiger partial charge in [0.15, 0.2) is 0 Å². The summed E-state index contributed by atoms with van der Waals surface area (Å²) >= 11 is 0.